The second-order valence-corrected chi connectivity index (χ2v) is 7.54. The molecule has 1 amide bonds. The van der Waals surface area contributed by atoms with E-state index in [9.17, 15) is 4.79 Å². The van der Waals surface area contributed by atoms with E-state index in [1.165, 1.54) is 11.1 Å². The highest BCUT2D eigenvalue weighted by Gasteiger charge is 2.23. The van der Waals surface area contributed by atoms with Gasteiger partial charge in [-0.3, -0.25) is 4.79 Å². The lowest BCUT2D eigenvalue weighted by Crippen LogP contribution is -2.39. The van der Waals surface area contributed by atoms with Crippen molar-refractivity contribution in [1.82, 2.24) is 20.5 Å². The van der Waals surface area contributed by atoms with Crippen molar-refractivity contribution in [2.24, 2.45) is 0 Å². The van der Waals surface area contributed by atoms with Crippen molar-refractivity contribution in [3.63, 3.8) is 0 Å². The van der Waals surface area contributed by atoms with Gasteiger partial charge in [0.05, 0.1) is 24.1 Å². The van der Waals surface area contributed by atoms with Crippen LogP contribution in [0.5, 0.6) is 5.88 Å². The van der Waals surface area contributed by atoms with Crippen molar-refractivity contribution < 1.29 is 9.53 Å². The van der Waals surface area contributed by atoms with E-state index in [-0.39, 0.29) is 18.1 Å². The van der Waals surface area contributed by atoms with Crippen LogP contribution in [0.25, 0.3) is 11.1 Å². The number of aryl methyl sites for hydroxylation is 1. The number of nitrogens with one attached hydrogen (secondary N) is 1. The Morgan fingerprint density at radius 1 is 1.14 bits per heavy atom. The van der Waals surface area contributed by atoms with Crippen molar-refractivity contribution in [2.75, 3.05) is 0 Å². The first-order valence-electron chi connectivity index (χ1n) is 9.91. The molecule has 1 aliphatic carbocycles. The molecule has 0 saturated heterocycles. The smallest absolute Gasteiger partial charge is 0.253 e. The fraction of sp³-hybridized carbons (Fsp3) is 0.304. The van der Waals surface area contributed by atoms with Crippen LogP contribution in [-0.2, 0) is 12.8 Å². The van der Waals surface area contributed by atoms with E-state index < -0.39 is 0 Å². The minimum Gasteiger partial charge on any atom is -0.475 e. The van der Waals surface area contributed by atoms with E-state index in [0.717, 1.165) is 30.4 Å². The molecule has 2 aromatic heterocycles. The van der Waals surface area contributed by atoms with Crippen LogP contribution in [-0.4, -0.2) is 33.2 Å². The zero-order valence-electron chi connectivity index (χ0n) is 16.6. The molecule has 3 aromatic rings. The van der Waals surface area contributed by atoms with Gasteiger partial charge < -0.3 is 10.1 Å². The number of hydrogen-bond acceptors (Lipinski definition) is 5. The highest BCUT2D eigenvalue weighted by atomic mass is 16.5. The van der Waals surface area contributed by atoms with Gasteiger partial charge in [0.2, 0.25) is 5.88 Å². The summed E-state index contributed by atoms with van der Waals surface area (Å²) in [4.78, 5) is 16.9. The first-order chi connectivity index (χ1) is 14.1. The number of ether oxygens (including phenoxy) is 1. The molecule has 0 spiro atoms. The van der Waals surface area contributed by atoms with Gasteiger partial charge in [0, 0.05) is 23.9 Å². The minimum atomic E-state index is -0.106. The average molecular weight is 388 g/mol. The molecule has 1 aromatic carbocycles. The van der Waals surface area contributed by atoms with Crippen LogP contribution in [0.1, 0.15) is 41.8 Å². The lowest BCUT2D eigenvalue weighted by atomic mass is 9.83. The van der Waals surface area contributed by atoms with Crippen molar-refractivity contribution >= 4 is 5.91 Å². The first kappa shape index (κ1) is 19.1. The maximum absolute atomic E-state index is 12.7. The van der Waals surface area contributed by atoms with Crippen LogP contribution in [0, 0.1) is 0 Å². The molecular weight excluding hydrogens is 364 g/mol. The molecule has 0 unspecified atom stereocenters. The van der Waals surface area contributed by atoms with Gasteiger partial charge in [0.25, 0.3) is 5.91 Å². The summed E-state index contributed by atoms with van der Waals surface area (Å²) >= 11 is 0. The van der Waals surface area contributed by atoms with Gasteiger partial charge in [-0.1, -0.05) is 18.2 Å². The molecule has 0 aliphatic heterocycles. The van der Waals surface area contributed by atoms with Crippen molar-refractivity contribution in [2.45, 2.75) is 45.3 Å². The summed E-state index contributed by atoms with van der Waals surface area (Å²) in [5, 5.41) is 11.0. The predicted molar refractivity (Wildman–Crippen MR) is 111 cm³/mol. The summed E-state index contributed by atoms with van der Waals surface area (Å²) in [5.41, 5.74) is 5.36. The highest BCUT2D eigenvalue weighted by molar-refractivity contribution is 5.94. The topological polar surface area (TPSA) is 77.0 Å². The van der Waals surface area contributed by atoms with Gasteiger partial charge in [-0.15, -0.1) is 0 Å². The van der Waals surface area contributed by atoms with E-state index >= 15 is 0 Å². The van der Waals surface area contributed by atoms with Crippen molar-refractivity contribution in [1.29, 1.82) is 0 Å². The van der Waals surface area contributed by atoms with Crippen LogP contribution in [0.2, 0.25) is 0 Å². The summed E-state index contributed by atoms with van der Waals surface area (Å²) in [6.45, 7) is 3.89. The molecule has 0 radical (unpaired) electrons. The lowest BCUT2D eigenvalue weighted by Gasteiger charge is -2.27. The van der Waals surface area contributed by atoms with E-state index in [0.29, 0.717) is 11.4 Å². The SMILES string of the molecule is CC(C)Oc1ccc(C(=O)N[C@@H]2CCc3cccc(-c4ccnnc4)c3C2)cn1. The number of fused-ring (bicyclic) bond motifs is 1. The number of carbonyl (C=O) groups excluding carboxylic acids is 1. The quantitative estimate of drug-likeness (QED) is 0.722. The molecule has 0 fully saturated rings. The number of aromatic nitrogens is 3. The summed E-state index contributed by atoms with van der Waals surface area (Å²) in [6, 6.07) is 11.9. The molecule has 1 N–H and O–H groups in total. The monoisotopic (exact) mass is 388 g/mol. The summed E-state index contributed by atoms with van der Waals surface area (Å²) in [6.07, 6.45) is 7.75. The molecule has 148 valence electrons. The number of amides is 1. The van der Waals surface area contributed by atoms with Crippen LogP contribution >= 0.6 is 0 Å². The molecule has 1 atom stereocenters. The zero-order chi connectivity index (χ0) is 20.2. The third kappa shape index (κ3) is 4.42. The summed E-state index contributed by atoms with van der Waals surface area (Å²) in [7, 11) is 0. The molecule has 29 heavy (non-hydrogen) atoms. The number of hydrogen-bond donors (Lipinski definition) is 1. The maximum atomic E-state index is 12.7. The van der Waals surface area contributed by atoms with Crippen molar-refractivity contribution in [3.8, 4) is 17.0 Å². The van der Waals surface area contributed by atoms with Gasteiger partial charge in [0.1, 0.15) is 0 Å². The van der Waals surface area contributed by atoms with Crippen LogP contribution in [0.15, 0.2) is 55.0 Å². The second-order valence-electron chi connectivity index (χ2n) is 7.54. The van der Waals surface area contributed by atoms with Gasteiger partial charge in [-0.05, 0) is 61.9 Å². The maximum Gasteiger partial charge on any atom is 0.253 e. The van der Waals surface area contributed by atoms with Crippen LogP contribution in [0.3, 0.4) is 0 Å². The Bertz CT molecular complexity index is 988. The Balaban J connectivity index is 1.48. The number of pyridine rings is 1. The normalized spacial score (nSPS) is 15.6. The largest absolute Gasteiger partial charge is 0.475 e. The Kier molecular flexibility index (Phi) is 5.51. The van der Waals surface area contributed by atoms with Gasteiger partial charge in [0.15, 0.2) is 0 Å². The van der Waals surface area contributed by atoms with Crippen LogP contribution in [0.4, 0.5) is 0 Å². The fourth-order valence-electron chi connectivity index (χ4n) is 3.73. The number of benzene rings is 1. The zero-order valence-corrected chi connectivity index (χ0v) is 16.6. The summed E-state index contributed by atoms with van der Waals surface area (Å²) in [5.74, 6) is 0.420. The Hall–Kier alpha value is -3.28. The summed E-state index contributed by atoms with van der Waals surface area (Å²) < 4.78 is 5.54. The second kappa shape index (κ2) is 8.39. The molecule has 4 rings (SSSR count). The highest BCUT2D eigenvalue weighted by Crippen LogP contribution is 2.31. The number of carbonyl (C=O) groups is 1. The van der Waals surface area contributed by atoms with Gasteiger partial charge >= 0.3 is 0 Å². The molecule has 0 saturated carbocycles. The Morgan fingerprint density at radius 3 is 2.76 bits per heavy atom. The lowest BCUT2D eigenvalue weighted by molar-refractivity contribution is 0.0933. The molecule has 1 aliphatic rings. The van der Waals surface area contributed by atoms with Gasteiger partial charge in [-0.2, -0.15) is 10.2 Å². The third-order valence-electron chi connectivity index (χ3n) is 5.07. The average Bonchev–Trinajstić information content (AvgIpc) is 2.74. The third-order valence-corrected chi connectivity index (χ3v) is 5.07. The number of nitrogens with zero attached hydrogens (tertiary/aromatic N) is 3. The molecule has 6 heteroatoms. The van der Waals surface area contributed by atoms with E-state index in [1.54, 1.807) is 30.7 Å². The van der Waals surface area contributed by atoms with E-state index in [1.807, 2.05) is 19.9 Å². The van der Waals surface area contributed by atoms with Crippen molar-refractivity contribution in [3.05, 3.63) is 71.7 Å². The molecular formula is C23H24N4O2. The Morgan fingerprint density at radius 2 is 2.03 bits per heavy atom. The standard InChI is InChI=1S/C23H24N4O2/c1-15(2)29-22-9-7-18(13-24-22)23(28)27-19-8-6-16-4-3-5-20(21(16)12-19)17-10-11-25-26-14-17/h3-5,7,9-11,13-15,19H,6,8,12H2,1-2H3,(H,27,28)/t19-/m1/s1. The fourth-order valence-corrected chi connectivity index (χ4v) is 3.73. The molecule has 2 heterocycles. The van der Waals surface area contributed by atoms with E-state index in [2.05, 4.69) is 38.7 Å². The van der Waals surface area contributed by atoms with Gasteiger partial charge in [-0.25, -0.2) is 4.98 Å². The minimum absolute atomic E-state index is 0.0503. The Labute approximate surface area is 170 Å². The first-order valence-corrected chi connectivity index (χ1v) is 9.91. The predicted octanol–water partition coefficient (Wildman–Crippen LogP) is 3.61. The molecule has 0 bridgehead atoms. The van der Waals surface area contributed by atoms with Crippen LogP contribution < -0.4 is 10.1 Å². The number of rotatable bonds is 5. The van der Waals surface area contributed by atoms with E-state index in [4.69, 9.17) is 4.74 Å². The molecule has 6 nitrogen and oxygen atoms in total.